The molecule has 3 heteroatoms. The highest BCUT2D eigenvalue weighted by molar-refractivity contribution is 6.35. The molecule has 3 rings (SSSR count). The summed E-state index contributed by atoms with van der Waals surface area (Å²) in [6.45, 7) is 2.13. The Morgan fingerprint density at radius 1 is 1.06 bits per heavy atom. The molecule has 1 aliphatic heterocycles. The molecule has 2 atom stereocenters. The molecule has 0 saturated heterocycles. The van der Waals surface area contributed by atoms with E-state index in [1.54, 1.807) is 0 Å². The molecule has 1 aliphatic rings. The topological polar surface area (TPSA) is 12.0 Å². The lowest BCUT2D eigenvalue weighted by molar-refractivity contribution is 0.575. The second kappa shape index (κ2) is 4.58. The van der Waals surface area contributed by atoms with Crippen molar-refractivity contribution >= 4 is 23.2 Å². The molecule has 0 radical (unpaired) electrons. The van der Waals surface area contributed by atoms with E-state index in [-0.39, 0.29) is 12.1 Å². The fraction of sp³-hybridized carbons (Fsp3) is 0.200. The summed E-state index contributed by atoms with van der Waals surface area (Å²) in [5.41, 5.74) is 3.59. The predicted molar refractivity (Wildman–Crippen MR) is 76.3 cm³/mol. The molecule has 2 aromatic carbocycles. The molecule has 0 spiro atoms. The van der Waals surface area contributed by atoms with Crippen LogP contribution in [-0.4, -0.2) is 0 Å². The second-order valence-corrected chi connectivity index (χ2v) is 5.47. The van der Waals surface area contributed by atoms with Gasteiger partial charge in [-0.15, -0.1) is 0 Å². The number of fused-ring (bicyclic) bond motifs is 1. The van der Waals surface area contributed by atoms with Gasteiger partial charge in [-0.2, -0.15) is 0 Å². The Morgan fingerprint density at radius 3 is 2.50 bits per heavy atom. The van der Waals surface area contributed by atoms with Gasteiger partial charge in [0.1, 0.15) is 0 Å². The maximum Gasteiger partial charge on any atom is 0.0585 e. The first-order chi connectivity index (χ1) is 8.66. The lowest BCUT2D eigenvalue weighted by Crippen LogP contribution is -2.16. The number of halogens is 2. The maximum absolute atomic E-state index is 6.30. The van der Waals surface area contributed by atoms with E-state index in [4.69, 9.17) is 23.2 Å². The van der Waals surface area contributed by atoms with E-state index in [1.807, 2.05) is 30.3 Å². The first kappa shape index (κ1) is 12.0. The highest BCUT2D eigenvalue weighted by Gasteiger charge is 2.30. The monoisotopic (exact) mass is 277 g/mol. The minimum absolute atomic E-state index is 0.174. The van der Waals surface area contributed by atoms with Gasteiger partial charge < -0.3 is 0 Å². The Bertz CT molecular complexity index is 581. The van der Waals surface area contributed by atoms with Crippen molar-refractivity contribution in [3.05, 3.63) is 69.2 Å². The van der Waals surface area contributed by atoms with Gasteiger partial charge in [0, 0.05) is 16.1 Å². The van der Waals surface area contributed by atoms with Gasteiger partial charge in [0.05, 0.1) is 6.04 Å². The zero-order valence-electron chi connectivity index (χ0n) is 9.95. The SMILES string of the molecule is CC1NC(c2ccccc2)c2cc(Cl)cc(Cl)c21. The van der Waals surface area contributed by atoms with Crippen LogP contribution in [0.4, 0.5) is 0 Å². The van der Waals surface area contributed by atoms with Crippen LogP contribution in [-0.2, 0) is 0 Å². The van der Waals surface area contributed by atoms with Crippen molar-refractivity contribution in [2.24, 2.45) is 0 Å². The number of rotatable bonds is 1. The smallest absolute Gasteiger partial charge is 0.0585 e. The van der Waals surface area contributed by atoms with Gasteiger partial charge >= 0.3 is 0 Å². The number of hydrogen-bond donors (Lipinski definition) is 1. The summed E-state index contributed by atoms with van der Waals surface area (Å²) in [6, 6.07) is 14.6. The molecule has 0 bridgehead atoms. The van der Waals surface area contributed by atoms with E-state index in [0.717, 1.165) is 10.6 Å². The molecule has 0 saturated carbocycles. The summed E-state index contributed by atoms with van der Waals surface area (Å²) in [5.74, 6) is 0. The highest BCUT2D eigenvalue weighted by Crippen LogP contribution is 2.42. The normalized spacial score (nSPS) is 21.9. The third kappa shape index (κ3) is 1.93. The summed E-state index contributed by atoms with van der Waals surface area (Å²) < 4.78 is 0. The number of hydrogen-bond acceptors (Lipinski definition) is 1. The molecule has 1 heterocycles. The van der Waals surface area contributed by atoms with Crippen molar-refractivity contribution in [1.82, 2.24) is 5.32 Å². The van der Waals surface area contributed by atoms with Crippen molar-refractivity contribution in [2.45, 2.75) is 19.0 Å². The molecule has 2 unspecified atom stereocenters. The predicted octanol–water partition coefficient (Wildman–Crippen LogP) is 4.75. The maximum atomic E-state index is 6.30. The van der Waals surface area contributed by atoms with Crippen LogP contribution in [0, 0.1) is 0 Å². The standard InChI is InChI=1S/C15H13Cl2N/c1-9-14-12(7-11(16)8-13(14)17)15(18-9)10-5-3-2-4-6-10/h2-9,15,18H,1H3. The zero-order chi connectivity index (χ0) is 12.7. The van der Waals surface area contributed by atoms with Gasteiger partial charge in [-0.05, 0) is 35.7 Å². The number of benzene rings is 2. The van der Waals surface area contributed by atoms with Gasteiger partial charge in [-0.3, -0.25) is 5.32 Å². The van der Waals surface area contributed by atoms with Crippen LogP contribution in [0.2, 0.25) is 10.0 Å². The molecule has 18 heavy (non-hydrogen) atoms. The molecule has 2 aromatic rings. The molecule has 0 aliphatic carbocycles. The first-order valence-electron chi connectivity index (χ1n) is 5.96. The Morgan fingerprint density at radius 2 is 1.78 bits per heavy atom. The van der Waals surface area contributed by atoms with Crippen LogP contribution < -0.4 is 5.32 Å². The zero-order valence-corrected chi connectivity index (χ0v) is 11.5. The van der Waals surface area contributed by atoms with Crippen molar-refractivity contribution < 1.29 is 0 Å². The third-order valence-electron chi connectivity index (χ3n) is 3.42. The number of nitrogens with one attached hydrogen (secondary N) is 1. The van der Waals surface area contributed by atoms with Crippen LogP contribution in [0.15, 0.2) is 42.5 Å². The Balaban J connectivity index is 2.14. The summed E-state index contributed by atoms with van der Waals surface area (Å²) in [4.78, 5) is 0. The molecule has 1 N–H and O–H groups in total. The molecule has 92 valence electrons. The summed E-state index contributed by atoms with van der Waals surface area (Å²) in [7, 11) is 0. The first-order valence-corrected chi connectivity index (χ1v) is 6.72. The van der Waals surface area contributed by atoms with Crippen molar-refractivity contribution in [2.75, 3.05) is 0 Å². The van der Waals surface area contributed by atoms with Crippen LogP contribution in [0.25, 0.3) is 0 Å². The Kier molecular flexibility index (Phi) is 3.06. The van der Waals surface area contributed by atoms with Crippen LogP contribution in [0.3, 0.4) is 0 Å². The molecule has 1 nitrogen and oxygen atoms in total. The van der Waals surface area contributed by atoms with Gasteiger partial charge in [-0.25, -0.2) is 0 Å². The molecular formula is C15H13Cl2N. The van der Waals surface area contributed by atoms with E-state index in [2.05, 4.69) is 24.4 Å². The Labute approximate surface area is 117 Å². The van der Waals surface area contributed by atoms with Crippen LogP contribution in [0.5, 0.6) is 0 Å². The van der Waals surface area contributed by atoms with Gasteiger partial charge in [0.15, 0.2) is 0 Å². The summed E-state index contributed by atoms with van der Waals surface area (Å²) in [5, 5.41) is 5.00. The second-order valence-electron chi connectivity index (χ2n) is 4.62. The lowest BCUT2D eigenvalue weighted by Gasteiger charge is -2.13. The summed E-state index contributed by atoms with van der Waals surface area (Å²) in [6.07, 6.45) is 0. The molecule has 0 aromatic heterocycles. The van der Waals surface area contributed by atoms with Gasteiger partial charge in [-0.1, -0.05) is 53.5 Å². The van der Waals surface area contributed by atoms with E-state index in [0.29, 0.717) is 5.02 Å². The lowest BCUT2D eigenvalue weighted by atomic mass is 9.97. The molecule has 0 amide bonds. The summed E-state index contributed by atoms with van der Waals surface area (Å²) >= 11 is 12.4. The van der Waals surface area contributed by atoms with Gasteiger partial charge in [0.2, 0.25) is 0 Å². The minimum Gasteiger partial charge on any atom is -0.300 e. The Hall–Kier alpha value is -1.02. The molecule has 0 fully saturated rings. The average Bonchev–Trinajstić information content (AvgIpc) is 2.67. The van der Waals surface area contributed by atoms with Crippen LogP contribution in [0.1, 0.15) is 35.7 Å². The van der Waals surface area contributed by atoms with Crippen molar-refractivity contribution in [3.8, 4) is 0 Å². The fourth-order valence-electron chi connectivity index (χ4n) is 2.64. The third-order valence-corrected chi connectivity index (χ3v) is 3.95. The van der Waals surface area contributed by atoms with E-state index in [1.165, 1.54) is 11.1 Å². The van der Waals surface area contributed by atoms with E-state index >= 15 is 0 Å². The van der Waals surface area contributed by atoms with Gasteiger partial charge in [0.25, 0.3) is 0 Å². The average molecular weight is 278 g/mol. The highest BCUT2D eigenvalue weighted by atomic mass is 35.5. The minimum atomic E-state index is 0.174. The largest absolute Gasteiger partial charge is 0.300 e. The quantitative estimate of drug-likeness (QED) is 0.794. The van der Waals surface area contributed by atoms with Crippen LogP contribution >= 0.6 is 23.2 Å². The molecular weight excluding hydrogens is 265 g/mol. The van der Waals surface area contributed by atoms with Crippen molar-refractivity contribution in [1.29, 1.82) is 0 Å². The fourth-order valence-corrected chi connectivity index (χ4v) is 3.32. The van der Waals surface area contributed by atoms with E-state index in [9.17, 15) is 0 Å². The van der Waals surface area contributed by atoms with E-state index < -0.39 is 0 Å². The van der Waals surface area contributed by atoms with Crippen molar-refractivity contribution in [3.63, 3.8) is 0 Å².